The molecule has 0 bridgehead atoms. The summed E-state index contributed by atoms with van der Waals surface area (Å²) in [4.78, 5) is 17.9. The van der Waals surface area contributed by atoms with E-state index in [0.717, 1.165) is 51.2 Å². The molecule has 2 fully saturated rings. The fourth-order valence-corrected chi connectivity index (χ4v) is 6.18. The second-order valence-electron chi connectivity index (χ2n) is 11.4. The lowest BCUT2D eigenvalue weighted by Gasteiger charge is -2.35. The van der Waals surface area contributed by atoms with Gasteiger partial charge in [0.2, 0.25) is 0 Å². The molecule has 212 valence electrons. The molecule has 1 amide bonds. The number of nitrogens with zero attached hydrogens (tertiary/aromatic N) is 2. The van der Waals surface area contributed by atoms with Gasteiger partial charge in [-0.1, -0.05) is 79.6 Å². The number of carbonyl (C=O) groups excluding carboxylic acids is 1. The molecule has 2 saturated heterocycles. The second kappa shape index (κ2) is 15.0. The van der Waals surface area contributed by atoms with Crippen LogP contribution < -0.4 is 10.1 Å². The van der Waals surface area contributed by atoms with E-state index in [4.69, 9.17) is 4.74 Å². The summed E-state index contributed by atoms with van der Waals surface area (Å²) in [7, 11) is 0. The second-order valence-corrected chi connectivity index (χ2v) is 11.4. The van der Waals surface area contributed by atoms with Gasteiger partial charge in [-0.05, 0) is 87.6 Å². The van der Waals surface area contributed by atoms with E-state index in [-0.39, 0.29) is 12.0 Å². The minimum absolute atomic E-state index is 0.0137. The lowest BCUT2D eigenvalue weighted by atomic mass is 9.90. The largest absolute Gasteiger partial charge is 0.489 e. The Labute approximate surface area is 240 Å². The predicted molar refractivity (Wildman–Crippen MR) is 163 cm³/mol. The first kappa shape index (κ1) is 28.4. The maximum absolute atomic E-state index is 12.8. The van der Waals surface area contributed by atoms with Crippen molar-refractivity contribution in [1.82, 2.24) is 15.1 Å². The quantitative estimate of drug-likeness (QED) is 0.288. The van der Waals surface area contributed by atoms with E-state index in [2.05, 4.69) is 75.8 Å². The van der Waals surface area contributed by atoms with Gasteiger partial charge < -0.3 is 15.0 Å². The molecule has 5 rings (SSSR count). The number of carbonyl (C=O) groups is 1. The Hall–Kier alpha value is -3.15. The summed E-state index contributed by atoms with van der Waals surface area (Å²) in [6.45, 7) is 7.11. The van der Waals surface area contributed by atoms with Crippen molar-refractivity contribution >= 4 is 5.91 Å². The fraction of sp³-hybridized carbons (Fsp3) is 0.457. The number of ether oxygens (including phenoxy) is 1. The topological polar surface area (TPSA) is 44.8 Å². The number of nitrogens with one attached hydrogen (secondary N) is 1. The van der Waals surface area contributed by atoms with Gasteiger partial charge in [-0.2, -0.15) is 0 Å². The summed E-state index contributed by atoms with van der Waals surface area (Å²) in [5.41, 5.74) is 3.37. The van der Waals surface area contributed by atoms with Gasteiger partial charge in [-0.3, -0.25) is 9.69 Å². The average Bonchev–Trinajstić information content (AvgIpc) is 3.28. The van der Waals surface area contributed by atoms with Gasteiger partial charge in [-0.25, -0.2) is 0 Å². The number of benzene rings is 3. The van der Waals surface area contributed by atoms with Crippen LogP contribution in [0.5, 0.6) is 5.75 Å². The highest BCUT2D eigenvalue weighted by Gasteiger charge is 2.25. The van der Waals surface area contributed by atoms with E-state index in [1.165, 1.54) is 49.9 Å². The van der Waals surface area contributed by atoms with Crippen molar-refractivity contribution in [3.05, 3.63) is 102 Å². The summed E-state index contributed by atoms with van der Waals surface area (Å²) < 4.78 is 6.46. The van der Waals surface area contributed by atoms with Gasteiger partial charge in [0, 0.05) is 31.1 Å². The highest BCUT2D eigenvalue weighted by Crippen LogP contribution is 2.28. The Morgan fingerprint density at radius 2 is 1.48 bits per heavy atom. The van der Waals surface area contributed by atoms with E-state index < -0.39 is 0 Å². The Kier molecular flexibility index (Phi) is 10.7. The van der Waals surface area contributed by atoms with Crippen LogP contribution in [0, 0.1) is 0 Å². The molecule has 2 aliphatic heterocycles. The van der Waals surface area contributed by atoms with Crippen LogP contribution in [0.15, 0.2) is 84.9 Å². The molecule has 3 aromatic carbocycles. The fourth-order valence-electron chi connectivity index (χ4n) is 6.18. The van der Waals surface area contributed by atoms with Crippen molar-refractivity contribution in [3.8, 4) is 5.75 Å². The Balaban J connectivity index is 1.13. The SMILES string of the molecule is O=C(NCCCN1CCCCCC1)c1cccc(OC2CCCN(CC(c3ccccc3)c3ccccc3)C2)c1. The third kappa shape index (κ3) is 8.42. The van der Waals surface area contributed by atoms with Gasteiger partial charge in [0.15, 0.2) is 0 Å². The molecule has 3 aromatic rings. The van der Waals surface area contributed by atoms with Crippen molar-refractivity contribution in [2.75, 3.05) is 45.8 Å². The predicted octanol–water partition coefficient (Wildman–Crippen LogP) is 6.36. The highest BCUT2D eigenvalue weighted by atomic mass is 16.5. The van der Waals surface area contributed by atoms with Crippen LogP contribution in [0.4, 0.5) is 0 Å². The summed E-state index contributed by atoms with van der Waals surface area (Å²) in [6, 6.07) is 29.3. The molecule has 0 aliphatic carbocycles. The van der Waals surface area contributed by atoms with Crippen molar-refractivity contribution in [2.45, 2.75) is 57.0 Å². The van der Waals surface area contributed by atoms with E-state index in [0.29, 0.717) is 18.0 Å². The number of hydrogen-bond acceptors (Lipinski definition) is 4. The molecule has 0 saturated carbocycles. The number of hydrogen-bond donors (Lipinski definition) is 1. The third-order valence-electron chi connectivity index (χ3n) is 8.34. The molecule has 5 nitrogen and oxygen atoms in total. The monoisotopic (exact) mass is 539 g/mol. The number of amides is 1. The van der Waals surface area contributed by atoms with Crippen LogP contribution in [0.2, 0.25) is 0 Å². The van der Waals surface area contributed by atoms with Gasteiger partial charge in [0.25, 0.3) is 5.91 Å². The van der Waals surface area contributed by atoms with Crippen molar-refractivity contribution in [2.24, 2.45) is 0 Å². The molecule has 0 spiro atoms. The standard InChI is InChI=1S/C35H45N3O2/c39-35(36-21-13-25-37-22-9-1-2-10-23-37)31-18-11-19-32(26-31)40-33-20-12-24-38(27-33)28-34(29-14-5-3-6-15-29)30-16-7-4-8-17-30/h3-8,11,14-19,26,33-34H,1-2,9-10,12-13,20-25,27-28H2,(H,36,39). The molecule has 40 heavy (non-hydrogen) atoms. The van der Waals surface area contributed by atoms with Crippen LogP contribution in [0.25, 0.3) is 0 Å². The minimum atomic E-state index is -0.0137. The number of likely N-dealkylation sites (tertiary alicyclic amines) is 2. The molecule has 5 heteroatoms. The van der Waals surface area contributed by atoms with Crippen molar-refractivity contribution in [3.63, 3.8) is 0 Å². The van der Waals surface area contributed by atoms with Crippen LogP contribution >= 0.6 is 0 Å². The molecule has 1 atom stereocenters. The summed E-state index contributed by atoms with van der Waals surface area (Å²) >= 11 is 0. The summed E-state index contributed by atoms with van der Waals surface area (Å²) in [5.74, 6) is 1.10. The number of rotatable bonds is 11. The maximum Gasteiger partial charge on any atom is 0.251 e. The first-order chi connectivity index (χ1) is 19.7. The van der Waals surface area contributed by atoms with E-state index >= 15 is 0 Å². The van der Waals surface area contributed by atoms with Crippen molar-refractivity contribution < 1.29 is 9.53 Å². The Morgan fingerprint density at radius 3 is 2.17 bits per heavy atom. The van der Waals surface area contributed by atoms with Crippen molar-refractivity contribution in [1.29, 1.82) is 0 Å². The van der Waals surface area contributed by atoms with E-state index in [1.54, 1.807) is 0 Å². The Morgan fingerprint density at radius 1 is 0.800 bits per heavy atom. The molecule has 0 aromatic heterocycles. The molecule has 2 heterocycles. The summed E-state index contributed by atoms with van der Waals surface area (Å²) in [5, 5.41) is 3.12. The average molecular weight is 540 g/mol. The summed E-state index contributed by atoms with van der Waals surface area (Å²) in [6.07, 6.45) is 8.57. The zero-order chi connectivity index (χ0) is 27.4. The van der Waals surface area contributed by atoms with E-state index in [1.807, 2.05) is 24.3 Å². The first-order valence-electron chi connectivity index (χ1n) is 15.3. The van der Waals surface area contributed by atoms with Gasteiger partial charge in [0.1, 0.15) is 11.9 Å². The Bertz CT molecular complexity index is 1120. The normalized spacial score (nSPS) is 18.8. The zero-order valence-corrected chi connectivity index (χ0v) is 23.8. The van der Waals surface area contributed by atoms with Gasteiger partial charge in [-0.15, -0.1) is 0 Å². The molecule has 1 unspecified atom stereocenters. The van der Waals surface area contributed by atoms with Crippen LogP contribution in [-0.4, -0.2) is 67.6 Å². The van der Waals surface area contributed by atoms with E-state index in [9.17, 15) is 4.79 Å². The molecule has 2 aliphatic rings. The molecular weight excluding hydrogens is 494 g/mol. The maximum atomic E-state index is 12.8. The van der Waals surface area contributed by atoms with Crippen LogP contribution in [0.3, 0.4) is 0 Å². The molecular formula is C35H45N3O2. The van der Waals surface area contributed by atoms with Gasteiger partial charge in [0.05, 0.1) is 0 Å². The smallest absolute Gasteiger partial charge is 0.251 e. The van der Waals surface area contributed by atoms with Crippen LogP contribution in [0.1, 0.15) is 72.3 Å². The zero-order valence-electron chi connectivity index (χ0n) is 23.8. The lowest BCUT2D eigenvalue weighted by Crippen LogP contribution is -2.43. The molecule has 1 N–H and O–H groups in total. The third-order valence-corrected chi connectivity index (χ3v) is 8.34. The first-order valence-corrected chi connectivity index (χ1v) is 15.3. The lowest BCUT2D eigenvalue weighted by molar-refractivity contribution is 0.0861. The van der Waals surface area contributed by atoms with Gasteiger partial charge >= 0.3 is 0 Å². The minimum Gasteiger partial charge on any atom is -0.489 e. The van der Waals surface area contributed by atoms with Crippen LogP contribution in [-0.2, 0) is 0 Å². The highest BCUT2D eigenvalue weighted by molar-refractivity contribution is 5.94. The molecule has 0 radical (unpaired) electrons. The number of piperidine rings is 1.